The number of ether oxygens (including phenoxy) is 1. The molecule has 0 bridgehead atoms. The summed E-state index contributed by atoms with van der Waals surface area (Å²) in [5.74, 6) is 0.738. The fourth-order valence-electron chi connectivity index (χ4n) is 5.73. The summed E-state index contributed by atoms with van der Waals surface area (Å²) in [7, 11) is 1.67. The number of methoxy groups -OCH3 is 1. The molecule has 1 atom stereocenters. The van der Waals surface area contributed by atoms with Crippen molar-refractivity contribution in [3.63, 3.8) is 0 Å². The van der Waals surface area contributed by atoms with Crippen molar-refractivity contribution in [3.8, 4) is 5.75 Å². The number of hydrogen-bond acceptors (Lipinski definition) is 4. The Labute approximate surface area is 209 Å². The number of H-pyrrole nitrogens is 1. The Morgan fingerprint density at radius 2 is 1.83 bits per heavy atom. The first-order valence-corrected chi connectivity index (χ1v) is 12.7. The van der Waals surface area contributed by atoms with E-state index in [4.69, 9.17) is 4.74 Å². The SMILES string of the molecule is COc1ccc2[nH]cc(C3CCN(C(=O)CNC(=O)C4c5ccccc5C(=O)N4C4CC4)CC3)c2c1. The molecule has 2 aliphatic heterocycles. The Bertz CT molecular complexity index is 1340. The average Bonchev–Trinajstić information content (AvgIpc) is 3.60. The van der Waals surface area contributed by atoms with E-state index in [2.05, 4.69) is 22.6 Å². The molecule has 1 aliphatic carbocycles. The molecule has 3 heterocycles. The number of aromatic amines is 1. The molecule has 0 spiro atoms. The van der Waals surface area contributed by atoms with Crippen molar-refractivity contribution in [3.05, 3.63) is 65.4 Å². The van der Waals surface area contributed by atoms with E-state index in [0.717, 1.165) is 47.9 Å². The van der Waals surface area contributed by atoms with E-state index in [1.165, 1.54) is 5.56 Å². The number of carbonyl (C=O) groups is 3. The second kappa shape index (κ2) is 9.00. The van der Waals surface area contributed by atoms with Crippen molar-refractivity contribution < 1.29 is 19.1 Å². The Morgan fingerprint density at radius 1 is 1.06 bits per heavy atom. The predicted molar refractivity (Wildman–Crippen MR) is 135 cm³/mol. The lowest BCUT2D eigenvalue weighted by molar-refractivity contribution is -0.134. The highest BCUT2D eigenvalue weighted by Gasteiger charge is 2.47. The highest BCUT2D eigenvalue weighted by Crippen LogP contribution is 2.42. The molecule has 3 amide bonds. The molecule has 2 fully saturated rings. The van der Waals surface area contributed by atoms with Gasteiger partial charge in [-0.3, -0.25) is 14.4 Å². The largest absolute Gasteiger partial charge is 0.497 e. The van der Waals surface area contributed by atoms with Gasteiger partial charge in [-0.2, -0.15) is 0 Å². The molecule has 1 saturated carbocycles. The Balaban J connectivity index is 1.07. The Morgan fingerprint density at radius 3 is 2.58 bits per heavy atom. The highest BCUT2D eigenvalue weighted by molar-refractivity contribution is 6.05. The standard InChI is InChI=1S/C28H30N4O4/c1-36-19-8-9-24-22(14-19)23(15-29-24)17-10-12-31(13-11-17)25(33)16-30-27(34)26-20-4-2-3-5-21(20)28(35)32(26)18-6-7-18/h2-5,8-9,14-15,17-18,26,29H,6-7,10-13,16H2,1H3,(H,30,34). The summed E-state index contributed by atoms with van der Waals surface area (Å²) < 4.78 is 5.39. The third-order valence-corrected chi connectivity index (χ3v) is 7.81. The van der Waals surface area contributed by atoms with E-state index in [9.17, 15) is 14.4 Å². The minimum absolute atomic E-state index is 0.0564. The molecule has 6 rings (SSSR count). The molecule has 1 unspecified atom stereocenters. The first-order valence-electron chi connectivity index (χ1n) is 12.7. The van der Waals surface area contributed by atoms with E-state index < -0.39 is 6.04 Å². The van der Waals surface area contributed by atoms with E-state index in [1.54, 1.807) is 18.1 Å². The van der Waals surface area contributed by atoms with Gasteiger partial charge in [0.15, 0.2) is 0 Å². The fraction of sp³-hybridized carbons (Fsp3) is 0.393. The van der Waals surface area contributed by atoms with Crippen molar-refractivity contribution in [1.29, 1.82) is 0 Å². The molecule has 3 aliphatic rings. The number of benzene rings is 2. The van der Waals surface area contributed by atoms with Crippen LogP contribution in [-0.4, -0.2) is 65.3 Å². The minimum atomic E-state index is -0.654. The number of amides is 3. The van der Waals surface area contributed by atoms with Crippen LogP contribution in [0.4, 0.5) is 0 Å². The van der Waals surface area contributed by atoms with Crippen LogP contribution in [0.15, 0.2) is 48.7 Å². The molecule has 36 heavy (non-hydrogen) atoms. The molecule has 1 saturated heterocycles. The van der Waals surface area contributed by atoms with Gasteiger partial charge in [0.05, 0.1) is 13.7 Å². The van der Waals surface area contributed by atoms with Crippen LogP contribution in [0.3, 0.4) is 0 Å². The summed E-state index contributed by atoms with van der Waals surface area (Å²) in [6.45, 7) is 1.24. The van der Waals surface area contributed by atoms with Crippen LogP contribution in [0.5, 0.6) is 5.75 Å². The third kappa shape index (κ3) is 3.90. The zero-order chi connectivity index (χ0) is 24.8. The van der Waals surface area contributed by atoms with E-state index in [0.29, 0.717) is 24.6 Å². The van der Waals surface area contributed by atoms with Gasteiger partial charge in [0.25, 0.3) is 5.91 Å². The first kappa shape index (κ1) is 22.6. The molecular formula is C28H30N4O4. The van der Waals surface area contributed by atoms with Crippen LogP contribution < -0.4 is 10.1 Å². The number of nitrogens with zero attached hydrogens (tertiary/aromatic N) is 2. The molecule has 3 aromatic rings. The lowest BCUT2D eigenvalue weighted by Crippen LogP contribution is -2.46. The summed E-state index contributed by atoms with van der Waals surface area (Å²) in [6, 6.07) is 12.8. The van der Waals surface area contributed by atoms with Gasteiger partial charge in [0, 0.05) is 41.8 Å². The van der Waals surface area contributed by atoms with Gasteiger partial charge in [0.1, 0.15) is 11.8 Å². The number of piperidine rings is 1. The van der Waals surface area contributed by atoms with Crippen LogP contribution in [0, 0.1) is 0 Å². The summed E-state index contributed by atoms with van der Waals surface area (Å²) in [4.78, 5) is 45.9. The second-order valence-corrected chi connectivity index (χ2v) is 9.96. The normalized spacial score (nSPS) is 20.0. The molecule has 186 valence electrons. The number of fused-ring (bicyclic) bond motifs is 2. The highest BCUT2D eigenvalue weighted by atomic mass is 16.5. The smallest absolute Gasteiger partial charge is 0.255 e. The lowest BCUT2D eigenvalue weighted by Gasteiger charge is -2.32. The van der Waals surface area contributed by atoms with Gasteiger partial charge in [-0.25, -0.2) is 0 Å². The lowest BCUT2D eigenvalue weighted by atomic mass is 9.89. The number of likely N-dealkylation sites (tertiary alicyclic amines) is 1. The zero-order valence-corrected chi connectivity index (χ0v) is 20.3. The van der Waals surface area contributed by atoms with Crippen LogP contribution >= 0.6 is 0 Å². The van der Waals surface area contributed by atoms with Crippen molar-refractivity contribution >= 4 is 28.6 Å². The molecular weight excluding hydrogens is 456 g/mol. The minimum Gasteiger partial charge on any atom is -0.497 e. The van der Waals surface area contributed by atoms with E-state index in [-0.39, 0.29) is 30.3 Å². The molecule has 1 aromatic heterocycles. The molecule has 8 heteroatoms. The Hall–Kier alpha value is -3.81. The predicted octanol–water partition coefficient (Wildman–Crippen LogP) is 3.36. The molecule has 0 radical (unpaired) electrons. The van der Waals surface area contributed by atoms with Crippen molar-refractivity contribution in [2.75, 3.05) is 26.7 Å². The number of hydrogen-bond donors (Lipinski definition) is 2. The van der Waals surface area contributed by atoms with E-state index >= 15 is 0 Å². The van der Waals surface area contributed by atoms with Gasteiger partial charge >= 0.3 is 0 Å². The summed E-state index contributed by atoms with van der Waals surface area (Å²) in [5, 5.41) is 3.99. The Kier molecular flexibility index (Phi) is 5.66. The fourth-order valence-corrected chi connectivity index (χ4v) is 5.73. The third-order valence-electron chi connectivity index (χ3n) is 7.81. The van der Waals surface area contributed by atoms with Gasteiger partial charge in [-0.05, 0) is 67.0 Å². The number of rotatable bonds is 6. The quantitative estimate of drug-likeness (QED) is 0.559. The maximum absolute atomic E-state index is 13.2. The molecule has 8 nitrogen and oxygen atoms in total. The number of nitrogens with one attached hydrogen (secondary N) is 2. The van der Waals surface area contributed by atoms with Crippen molar-refractivity contribution in [1.82, 2.24) is 20.1 Å². The second-order valence-electron chi connectivity index (χ2n) is 9.96. The van der Waals surface area contributed by atoms with Crippen LogP contribution in [-0.2, 0) is 9.59 Å². The summed E-state index contributed by atoms with van der Waals surface area (Å²) in [5.41, 5.74) is 3.66. The monoisotopic (exact) mass is 486 g/mol. The maximum Gasteiger partial charge on any atom is 0.255 e. The molecule has 2 N–H and O–H groups in total. The van der Waals surface area contributed by atoms with E-state index in [1.807, 2.05) is 35.2 Å². The number of carbonyl (C=O) groups excluding carboxylic acids is 3. The number of aromatic nitrogens is 1. The van der Waals surface area contributed by atoms with Gasteiger partial charge in [-0.15, -0.1) is 0 Å². The zero-order valence-electron chi connectivity index (χ0n) is 20.3. The average molecular weight is 487 g/mol. The topological polar surface area (TPSA) is 94.7 Å². The van der Waals surface area contributed by atoms with Gasteiger partial charge in [-0.1, -0.05) is 18.2 Å². The van der Waals surface area contributed by atoms with Crippen molar-refractivity contribution in [2.45, 2.75) is 43.7 Å². The summed E-state index contributed by atoms with van der Waals surface area (Å²) >= 11 is 0. The van der Waals surface area contributed by atoms with Crippen molar-refractivity contribution in [2.24, 2.45) is 0 Å². The molecule has 2 aromatic carbocycles. The van der Waals surface area contributed by atoms with Crippen LogP contribution in [0.25, 0.3) is 10.9 Å². The first-order chi connectivity index (χ1) is 17.5. The van der Waals surface area contributed by atoms with Gasteiger partial charge < -0.3 is 24.8 Å². The summed E-state index contributed by atoms with van der Waals surface area (Å²) in [6.07, 6.45) is 5.63. The van der Waals surface area contributed by atoms with Crippen LogP contribution in [0.2, 0.25) is 0 Å². The van der Waals surface area contributed by atoms with Gasteiger partial charge in [0.2, 0.25) is 11.8 Å². The maximum atomic E-state index is 13.2. The van der Waals surface area contributed by atoms with Crippen LogP contribution in [0.1, 0.15) is 59.1 Å².